The molecule has 0 saturated carbocycles. The van der Waals surface area contributed by atoms with Gasteiger partial charge in [0.2, 0.25) is 0 Å². The normalized spacial score (nSPS) is 22.6. The maximum atomic E-state index is 12.5. The SMILES string of the molecule is Cc1ccc(CN2CC3CN(C(=O)n4ccc(C(=O)O)n4)CC3C2)cc1. The van der Waals surface area contributed by atoms with Gasteiger partial charge in [0.25, 0.3) is 0 Å². The number of carboxylic acids is 1. The van der Waals surface area contributed by atoms with Crippen LogP contribution in [0, 0.1) is 18.8 Å². The van der Waals surface area contributed by atoms with Crippen LogP contribution in [0.5, 0.6) is 0 Å². The highest BCUT2D eigenvalue weighted by atomic mass is 16.4. The molecule has 2 aromatic rings. The fourth-order valence-corrected chi connectivity index (χ4v) is 4.02. The number of rotatable bonds is 3. The Morgan fingerprint density at radius 2 is 1.73 bits per heavy atom. The number of hydrogen-bond donors (Lipinski definition) is 1. The van der Waals surface area contributed by atoms with E-state index in [0.29, 0.717) is 24.9 Å². The van der Waals surface area contributed by atoms with Crippen molar-refractivity contribution in [1.29, 1.82) is 0 Å². The van der Waals surface area contributed by atoms with E-state index in [1.165, 1.54) is 23.4 Å². The summed E-state index contributed by atoms with van der Waals surface area (Å²) < 4.78 is 1.13. The predicted molar refractivity (Wildman–Crippen MR) is 95.0 cm³/mol. The Bertz CT molecular complexity index is 816. The van der Waals surface area contributed by atoms with Gasteiger partial charge in [-0.15, -0.1) is 0 Å². The highest BCUT2D eigenvalue weighted by Crippen LogP contribution is 2.32. The lowest BCUT2D eigenvalue weighted by molar-refractivity contribution is 0.0690. The number of likely N-dealkylation sites (tertiary alicyclic amines) is 2. The summed E-state index contributed by atoms with van der Waals surface area (Å²) in [4.78, 5) is 27.7. The first-order chi connectivity index (χ1) is 12.5. The summed E-state index contributed by atoms with van der Waals surface area (Å²) in [5.41, 5.74) is 2.48. The number of amides is 1. The van der Waals surface area contributed by atoms with Gasteiger partial charge in [-0.05, 0) is 30.4 Å². The Labute approximate surface area is 151 Å². The topological polar surface area (TPSA) is 78.7 Å². The molecular weight excluding hydrogens is 332 g/mol. The number of fused-ring (bicyclic) bond motifs is 1. The van der Waals surface area contributed by atoms with Crippen molar-refractivity contribution in [3.05, 3.63) is 53.3 Å². The van der Waals surface area contributed by atoms with E-state index in [1.54, 1.807) is 4.90 Å². The minimum atomic E-state index is -1.12. The third-order valence-electron chi connectivity index (χ3n) is 5.36. The first kappa shape index (κ1) is 16.8. The quantitative estimate of drug-likeness (QED) is 0.911. The van der Waals surface area contributed by atoms with Crippen LogP contribution in [0.15, 0.2) is 36.5 Å². The van der Waals surface area contributed by atoms with Crippen molar-refractivity contribution in [2.75, 3.05) is 26.2 Å². The van der Waals surface area contributed by atoms with E-state index in [-0.39, 0.29) is 11.7 Å². The number of carbonyl (C=O) groups excluding carboxylic acids is 1. The Balaban J connectivity index is 1.34. The number of aromatic carboxylic acids is 1. The number of aromatic nitrogens is 2. The molecule has 0 aliphatic carbocycles. The molecule has 2 saturated heterocycles. The van der Waals surface area contributed by atoms with Crippen molar-refractivity contribution in [2.24, 2.45) is 11.8 Å². The summed E-state index contributed by atoms with van der Waals surface area (Å²) in [7, 11) is 0. The molecule has 0 radical (unpaired) electrons. The van der Waals surface area contributed by atoms with Gasteiger partial charge in [0.15, 0.2) is 5.69 Å². The van der Waals surface area contributed by atoms with E-state index in [1.807, 2.05) is 0 Å². The van der Waals surface area contributed by atoms with Gasteiger partial charge in [0, 0.05) is 38.9 Å². The molecule has 26 heavy (non-hydrogen) atoms. The van der Waals surface area contributed by atoms with E-state index >= 15 is 0 Å². The second-order valence-corrected chi connectivity index (χ2v) is 7.34. The second kappa shape index (κ2) is 6.57. The predicted octanol–water partition coefficient (Wildman–Crippen LogP) is 1.92. The van der Waals surface area contributed by atoms with Crippen LogP contribution >= 0.6 is 0 Å². The molecule has 7 nitrogen and oxygen atoms in total. The van der Waals surface area contributed by atoms with Crippen molar-refractivity contribution in [3.63, 3.8) is 0 Å². The van der Waals surface area contributed by atoms with Crippen LogP contribution in [0.25, 0.3) is 0 Å². The second-order valence-electron chi connectivity index (χ2n) is 7.34. The van der Waals surface area contributed by atoms with E-state index in [2.05, 4.69) is 41.2 Å². The molecule has 136 valence electrons. The van der Waals surface area contributed by atoms with Crippen molar-refractivity contribution in [2.45, 2.75) is 13.5 Å². The van der Waals surface area contributed by atoms with Gasteiger partial charge in [-0.1, -0.05) is 29.8 Å². The van der Waals surface area contributed by atoms with E-state index < -0.39 is 5.97 Å². The lowest BCUT2D eigenvalue weighted by atomic mass is 10.0. The van der Waals surface area contributed by atoms with Gasteiger partial charge in [0.05, 0.1) is 0 Å². The molecule has 1 amide bonds. The van der Waals surface area contributed by atoms with Crippen LogP contribution in [0.3, 0.4) is 0 Å². The molecule has 7 heteroatoms. The van der Waals surface area contributed by atoms with Gasteiger partial charge in [0.1, 0.15) is 0 Å². The number of carbonyl (C=O) groups is 2. The van der Waals surface area contributed by atoms with Crippen molar-refractivity contribution < 1.29 is 14.7 Å². The summed E-state index contributed by atoms with van der Waals surface area (Å²) >= 11 is 0. The summed E-state index contributed by atoms with van der Waals surface area (Å²) in [6.07, 6.45) is 1.42. The van der Waals surface area contributed by atoms with Crippen LogP contribution in [0.4, 0.5) is 4.79 Å². The molecule has 2 unspecified atom stereocenters. The molecule has 2 fully saturated rings. The Morgan fingerprint density at radius 1 is 1.08 bits per heavy atom. The maximum absolute atomic E-state index is 12.5. The molecule has 1 N–H and O–H groups in total. The zero-order chi connectivity index (χ0) is 18.3. The molecule has 2 aliphatic rings. The van der Waals surface area contributed by atoms with Gasteiger partial charge in [-0.25, -0.2) is 9.59 Å². The summed E-state index contributed by atoms with van der Waals surface area (Å²) in [6.45, 7) is 6.42. The molecule has 2 atom stereocenters. The standard InChI is InChI=1S/C19H22N4O3/c1-13-2-4-14(5-3-13)8-21-9-15-11-22(12-16(15)10-21)19(26)23-7-6-17(20-23)18(24)25/h2-7,15-16H,8-12H2,1H3,(H,24,25). The van der Waals surface area contributed by atoms with E-state index in [0.717, 1.165) is 24.3 Å². The monoisotopic (exact) mass is 354 g/mol. The summed E-state index contributed by atoms with van der Waals surface area (Å²) in [5, 5.41) is 12.8. The smallest absolute Gasteiger partial charge is 0.356 e. The van der Waals surface area contributed by atoms with Crippen LogP contribution < -0.4 is 0 Å². The molecule has 1 aromatic heterocycles. The zero-order valence-corrected chi connectivity index (χ0v) is 14.7. The first-order valence-corrected chi connectivity index (χ1v) is 8.86. The number of hydrogen-bond acceptors (Lipinski definition) is 4. The van der Waals surface area contributed by atoms with E-state index in [4.69, 9.17) is 5.11 Å². The first-order valence-electron chi connectivity index (χ1n) is 8.86. The lowest BCUT2D eigenvalue weighted by Gasteiger charge is -2.21. The number of carboxylic acid groups (broad SMARTS) is 1. The third kappa shape index (κ3) is 3.22. The fourth-order valence-electron chi connectivity index (χ4n) is 4.02. The molecule has 1 aromatic carbocycles. The van der Waals surface area contributed by atoms with Crippen LogP contribution in [0.2, 0.25) is 0 Å². The highest BCUT2D eigenvalue weighted by molar-refractivity contribution is 5.86. The van der Waals surface area contributed by atoms with Crippen molar-refractivity contribution in [3.8, 4) is 0 Å². The molecular formula is C19H22N4O3. The van der Waals surface area contributed by atoms with Crippen LogP contribution in [0.1, 0.15) is 21.6 Å². The van der Waals surface area contributed by atoms with Crippen LogP contribution in [-0.4, -0.2) is 62.9 Å². The van der Waals surface area contributed by atoms with Gasteiger partial charge < -0.3 is 10.0 Å². The average molecular weight is 354 g/mol. The van der Waals surface area contributed by atoms with Gasteiger partial charge >= 0.3 is 12.0 Å². The minimum Gasteiger partial charge on any atom is -0.476 e. The average Bonchev–Trinajstić information content (AvgIpc) is 3.30. The van der Waals surface area contributed by atoms with Gasteiger partial charge in [-0.2, -0.15) is 9.78 Å². The Kier molecular flexibility index (Phi) is 4.24. The zero-order valence-electron chi connectivity index (χ0n) is 14.7. The summed E-state index contributed by atoms with van der Waals surface area (Å²) in [6, 6.07) is 9.75. The largest absolute Gasteiger partial charge is 0.476 e. The molecule has 3 heterocycles. The van der Waals surface area contributed by atoms with Crippen LogP contribution in [-0.2, 0) is 6.54 Å². The number of aryl methyl sites for hydroxylation is 1. The molecule has 0 spiro atoms. The number of benzene rings is 1. The van der Waals surface area contributed by atoms with Crippen molar-refractivity contribution >= 4 is 12.0 Å². The highest BCUT2D eigenvalue weighted by Gasteiger charge is 2.41. The molecule has 2 aliphatic heterocycles. The Morgan fingerprint density at radius 3 is 2.31 bits per heavy atom. The third-order valence-corrected chi connectivity index (χ3v) is 5.36. The Hall–Kier alpha value is -2.67. The molecule has 4 rings (SSSR count). The minimum absolute atomic E-state index is 0.109. The van der Waals surface area contributed by atoms with Crippen molar-refractivity contribution in [1.82, 2.24) is 19.6 Å². The maximum Gasteiger partial charge on any atom is 0.356 e. The lowest BCUT2D eigenvalue weighted by Crippen LogP contribution is -2.36. The summed E-state index contributed by atoms with van der Waals surface area (Å²) in [5.74, 6) is -0.181. The molecule has 0 bridgehead atoms. The number of nitrogens with zero attached hydrogens (tertiary/aromatic N) is 4. The fraction of sp³-hybridized carbons (Fsp3) is 0.421. The van der Waals surface area contributed by atoms with Gasteiger partial charge in [-0.3, -0.25) is 4.90 Å². The van der Waals surface area contributed by atoms with E-state index in [9.17, 15) is 9.59 Å².